The summed E-state index contributed by atoms with van der Waals surface area (Å²) in [5.74, 6) is -0.222. The van der Waals surface area contributed by atoms with Gasteiger partial charge in [-0.2, -0.15) is 0 Å². The van der Waals surface area contributed by atoms with Crippen LogP contribution in [0, 0.1) is 5.82 Å². The van der Waals surface area contributed by atoms with Crippen LogP contribution in [-0.2, 0) is 11.2 Å². The zero-order chi connectivity index (χ0) is 11.4. The van der Waals surface area contributed by atoms with Gasteiger partial charge in [-0.05, 0) is 31.5 Å². The van der Waals surface area contributed by atoms with Crippen molar-refractivity contribution in [1.82, 2.24) is 4.90 Å². The zero-order valence-electron chi connectivity index (χ0n) is 9.33. The topological polar surface area (TPSA) is 20.3 Å². The molecule has 0 aliphatic heterocycles. The van der Waals surface area contributed by atoms with Gasteiger partial charge in [-0.25, -0.2) is 4.39 Å². The molecule has 1 amide bonds. The third kappa shape index (κ3) is 3.35. The molecule has 82 valence electrons. The first-order valence-corrected chi connectivity index (χ1v) is 5.01. The molecular formula is C12H16FNO. The van der Waals surface area contributed by atoms with E-state index in [-0.39, 0.29) is 17.8 Å². The summed E-state index contributed by atoms with van der Waals surface area (Å²) in [7, 11) is 1.77. The fraction of sp³-hybridized carbons (Fsp3) is 0.417. The fourth-order valence-electron chi connectivity index (χ4n) is 1.19. The molecule has 0 spiro atoms. The Hall–Kier alpha value is -1.38. The van der Waals surface area contributed by atoms with Gasteiger partial charge in [0.25, 0.3) is 0 Å². The van der Waals surface area contributed by atoms with E-state index in [2.05, 4.69) is 0 Å². The van der Waals surface area contributed by atoms with E-state index in [1.807, 2.05) is 13.8 Å². The first-order valence-electron chi connectivity index (χ1n) is 5.01. The van der Waals surface area contributed by atoms with E-state index < -0.39 is 0 Å². The Balaban J connectivity index is 2.62. The van der Waals surface area contributed by atoms with Crippen LogP contribution < -0.4 is 0 Å². The van der Waals surface area contributed by atoms with E-state index in [9.17, 15) is 9.18 Å². The standard InChI is InChI=1S/C12H16FNO/c1-9(2)14(3)12(15)8-10-4-6-11(13)7-5-10/h4-7,9H,8H2,1-3H3. The maximum absolute atomic E-state index is 12.6. The van der Waals surface area contributed by atoms with Crippen LogP contribution in [0.1, 0.15) is 19.4 Å². The minimum absolute atomic E-state index is 0.0524. The molecule has 0 unspecified atom stereocenters. The first-order chi connectivity index (χ1) is 7.00. The van der Waals surface area contributed by atoms with E-state index in [0.717, 1.165) is 5.56 Å². The van der Waals surface area contributed by atoms with Crippen LogP contribution in [0.15, 0.2) is 24.3 Å². The lowest BCUT2D eigenvalue weighted by molar-refractivity contribution is -0.130. The van der Waals surface area contributed by atoms with Crippen LogP contribution in [0.25, 0.3) is 0 Å². The van der Waals surface area contributed by atoms with Crippen molar-refractivity contribution < 1.29 is 9.18 Å². The molecule has 15 heavy (non-hydrogen) atoms. The van der Waals surface area contributed by atoms with Crippen LogP contribution in [0.2, 0.25) is 0 Å². The van der Waals surface area contributed by atoms with Gasteiger partial charge in [-0.1, -0.05) is 12.1 Å². The summed E-state index contributed by atoms with van der Waals surface area (Å²) in [4.78, 5) is 13.4. The van der Waals surface area contributed by atoms with E-state index in [1.165, 1.54) is 12.1 Å². The van der Waals surface area contributed by atoms with Gasteiger partial charge in [0.05, 0.1) is 6.42 Å². The molecule has 0 saturated heterocycles. The fourth-order valence-corrected chi connectivity index (χ4v) is 1.19. The quantitative estimate of drug-likeness (QED) is 0.747. The van der Waals surface area contributed by atoms with Crippen LogP contribution in [0.5, 0.6) is 0 Å². The maximum Gasteiger partial charge on any atom is 0.226 e. The predicted molar refractivity (Wildman–Crippen MR) is 58.0 cm³/mol. The summed E-state index contributed by atoms with van der Waals surface area (Å²) in [6.07, 6.45) is 0.328. The number of nitrogens with zero attached hydrogens (tertiary/aromatic N) is 1. The lowest BCUT2D eigenvalue weighted by atomic mass is 10.1. The third-order valence-electron chi connectivity index (χ3n) is 2.44. The number of halogens is 1. The molecule has 0 N–H and O–H groups in total. The largest absolute Gasteiger partial charge is 0.343 e. The lowest BCUT2D eigenvalue weighted by Crippen LogP contribution is -2.34. The number of hydrogen-bond donors (Lipinski definition) is 0. The second-order valence-electron chi connectivity index (χ2n) is 3.90. The van der Waals surface area contributed by atoms with Gasteiger partial charge in [0.2, 0.25) is 5.91 Å². The molecular weight excluding hydrogens is 193 g/mol. The summed E-state index contributed by atoms with van der Waals surface area (Å²) in [5, 5.41) is 0. The van der Waals surface area contributed by atoms with Crippen molar-refractivity contribution >= 4 is 5.91 Å². The Morgan fingerprint density at radius 2 is 1.87 bits per heavy atom. The molecule has 0 bridgehead atoms. The molecule has 1 aromatic carbocycles. The normalized spacial score (nSPS) is 10.5. The van der Waals surface area contributed by atoms with Gasteiger partial charge in [-0.15, -0.1) is 0 Å². The van der Waals surface area contributed by atoms with Gasteiger partial charge in [0.15, 0.2) is 0 Å². The highest BCUT2D eigenvalue weighted by Gasteiger charge is 2.11. The molecule has 0 aromatic heterocycles. The second kappa shape index (κ2) is 4.91. The van der Waals surface area contributed by atoms with Crippen molar-refractivity contribution in [3.05, 3.63) is 35.6 Å². The number of hydrogen-bond acceptors (Lipinski definition) is 1. The van der Waals surface area contributed by atoms with Crippen molar-refractivity contribution in [3.63, 3.8) is 0 Å². The monoisotopic (exact) mass is 209 g/mol. The van der Waals surface area contributed by atoms with Crippen molar-refractivity contribution in [2.75, 3.05) is 7.05 Å². The average molecular weight is 209 g/mol. The molecule has 1 aromatic rings. The van der Waals surface area contributed by atoms with Crippen molar-refractivity contribution in [2.45, 2.75) is 26.3 Å². The molecule has 0 aliphatic carbocycles. The molecule has 2 nitrogen and oxygen atoms in total. The lowest BCUT2D eigenvalue weighted by Gasteiger charge is -2.21. The Morgan fingerprint density at radius 1 is 1.33 bits per heavy atom. The number of benzene rings is 1. The SMILES string of the molecule is CC(C)N(C)C(=O)Cc1ccc(F)cc1. The van der Waals surface area contributed by atoms with Crippen molar-refractivity contribution in [2.24, 2.45) is 0 Å². The summed E-state index contributed by atoms with van der Waals surface area (Å²) in [6, 6.07) is 6.22. The molecule has 1 rings (SSSR count). The number of carbonyl (C=O) groups excluding carboxylic acids is 1. The van der Waals surface area contributed by atoms with Crippen molar-refractivity contribution in [3.8, 4) is 0 Å². The maximum atomic E-state index is 12.6. The number of carbonyl (C=O) groups is 1. The van der Waals surface area contributed by atoms with Gasteiger partial charge in [0, 0.05) is 13.1 Å². The summed E-state index contributed by atoms with van der Waals surface area (Å²) >= 11 is 0. The summed E-state index contributed by atoms with van der Waals surface area (Å²) in [6.45, 7) is 3.92. The van der Waals surface area contributed by atoms with Crippen molar-refractivity contribution in [1.29, 1.82) is 0 Å². The Morgan fingerprint density at radius 3 is 2.33 bits per heavy atom. The van der Waals surface area contributed by atoms with E-state index in [1.54, 1.807) is 24.1 Å². The Labute approximate surface area is 89.7 Å². The molecule has 0 aliphatic rings. The summed E-state index contributed by atoms with van der Waals surface area (Å²) < 4.78 is 12.6. The van der Waals surface area contributed by atoms with Gasteiger partial charge < -0.3 is 4.90 Å². The average Bonchev–Trinajstić information content (AvgIpc) is 2.20. The minimum Gasteiger partial charge on any atom is -0.343 e. The Kier molecular flexibility index (Phi) is 3.83. The highest BCUT2D eigenvalue weighted by Crippen LogP contribution is 2.06. The third-order valence-corrected chi connectivity index (χ3v) is 2.44. The summed E-state index contributed by atoms with van der Waals surface area (Å²) in [5.41, 5.74) is 0.842. The molecule has 0 fully saturated rings. The van der Waals surface area contributed by atoms with Gasteiger partial charge in [0.1, 0.15) is 5.82 Å². The molecule has 0 radical (unpaired) electrons. The van der Waals surface area contributed by atoms with Crippen LogP contribution in [0.4, 0.5) is 4.39 Å². The number of rotatable bonds is 3. The van der Waals surface area contributed by atoms with E-state index in [4.69, 9.17) is 0 Å². The van der Waals surface area contributed by atoms with E-state index >= 15 is 0 Å². The molecule has 3 heteroatoms. The van der Waals surface area contributed by atoms with E-state index in [0.29, 0.717) is 6.42 Å². The van der Waals surface area contributed by atoms with Gasteiger partial charge >= 0.3 is 0 Å². The predicted octanol–water partition coefficient (Wildman–Crippen LogP) is 2.24. The first kappa shape index (κ1) is 11.7. The highest BCUT2D eigenvalue weighted by atomic mass is 19.1. The smallest absolute Gasteiger partial charge is 0.226 e. The zero-order valence-corrected chi connectivity index (χ0v) is 9.33. The molecule has 0 heterocycles. The second-order valence-corrected chi connectivity index (χ2v) is 3.90. The number of amides is 1. The van der Waals surface area contributed by atoms with Crippen LogP contribution in [0.3, 0.4) is 0 Å². The molecule has 0 saturated carbocycles. The van der Waals surface area contributed by atoms with Crippen LogP contribution >= 0.6 is 0 Å². The minimum atomic E-state index is -0.275. The molecule has 0 atom stereocenters. The van der Waals surface area contributed by atoms with Crippen LogP contribution in [-0.4, -0.2) is 23.9 Å². The Bertz CT molecular complexity index is 332. The number of likely N-dealkylation sites (N-methyl/N-ethyl adjacent to an activating group) is 1. The van der Waals surface area contributed by atoms with Gasteiger partial charge in [-0.3, -0.25) is 4.79 Å². The highest BCUT2D eigenvalue weighted by molar-refractivity contribution is 5.78.